The first-order chi connectivity index (χ1) is 12.2. The molecule has 3 rings (SSSR count). The lowest BCUT2D eigenvalue weighted by atomic mass is 10.2. The van der Waals surface area contributed by atoms with Crippen molar-refractivity contribution in [2.45, 2.75) is 23.9 Å². The van der Waals surface area contributed by atoms with Crippen LogP contribution in [0.5, 0.6) is 5.75 Å². The van der Waals surface area contributed by atoms with E-state index >= 15 is 0 Å². The Bertz CT molecular complexity index is 815. The van der Waals surface area contributed by atoms with Crippen molar-refractivity contribution in [3.8, 4) is 17.4 Å². The molecular formula is C17H17N3O4S. The van der Waals surface area contributed by atoms with Crippen LogP contribution in [0.3, 0.4) is 0 Å². The Morgan fingerprint density at radius 3 is 2.76 bits per heavy atom. The van der Waals surface area contributed by atoms with Gasteiger partial charge in [0.05, 0.1) is 18.6 Å². The molecule has 2 heterocycles. The van der Waals surface area contributed by atoms with E-state index in [1.54, 1.807) is 26.2 Å². The molecule has 0 radical (unpaired) electrons. The third-order valence-corrected chi connectivity index (χ3v) is 4.35. The first-order valence-electron chi connectivity index (χ1n) is 7.60. The molecule has 0 spiro atoms. The maximum Gasteiger partial charge on any atom is 0.284 e. The molecule has 2 aromatic heterocycles. The van der Waals surface area contributed by atoms with Crippen molar-refractivity contribution >= 4 is 17.7 Å². The minimum absolute atomic E-state index is 0.112. The minimum Gasteiger partial charge on any atom is -0.497 e. The molecular weight excluding hydrogens is 342 g/mol. The van der Waals surface area contributed by atoms with E-state index in [-0.39, 0.29) is 11.2 Å². The maximum absolute atomic E-state index is 12.2. The number of rotatable bonds is 7. The van der Waals surface area contributed by atoms with Crippen molar-refractivity contribution in [1.82, 2.24) is 15.5 Å². The minimum atomic E-state index is -0.372. The molecule has 8 heteroatoms. The van der Waals surface area contributed by atoms with E-state index in [9.17, 15) is 4.79 Å². The van der Waals surface area contributed by atoms with E-state index in [1.165, 1.54) is 18.0 Å². The van der Waals surface area contributed by atoms with E-state index < -0.39 is 0 Å². The fraction of sp³-hybridized carbons (Fsp3) is 0.235. The van der Waals surface area contributed by atoms with Crippen molar-refractivity contribution in [2.75, 3.05) is 7.11 Å². The molecule has 0 unspecified atom stereocenters. The Morgan fingerprint density at radius 2 is 2.08 bits per heavy atom. The van der Waals surface area contributed by atoms with Crippen LogP contribution in [0.4, 0.5) is 0 Å². The number of carbonyl (C=O) groups excluding carboxylic acids is 1. The summed E-state index contributed by atoms with van der Waals surface area (Å²) in [5.74, 6) is 1.45. The zero-order valence-corrected chi connectivity index (χ0v) is 14.6. The summed E-state index contributed by atoms with van der Waals surface area (Å²) in [4.78, 5) is 12.2. The summed E-state index contributed by atoms with van der Waals surface area (Å²) in [5.41, 5.74) is 0.990. The molecule has 1 N–H and O–H groups in total. The molecule has 1 atom stereocenters. The number of nitrogens with zero attached hydrogens (tertiary/aromatic N) is 2. The van der Waals surface area contributed by atoms with Gasteiger partial charge in [-0.1, -0.05) is 23.9 Å². The van der Waals surface area contributed by atoms with Crippen molar-refractivity contribution in [3.63, 3.8) is 0 Å². The molecule has 0 aliphatic carbocycles. The number of amides is 1. The third-order valence-electron chi connectivity index (χ3n) is 3.41. The predicted octanol–water partition coefficient (Wildman–Crippen LogP) is 3.14. The van der Waals surface area contributed by atoms with Crippen LogP contribution in [0.25, 0.3) is 11.7 Å². The summed E-state index contributed by atoms with van der Waals surface area (Å²) >= 11 is 1.20. The summed E-state index contributed by atoms with van der Waals surface area (Å²) in [5, 5.41) is 10.7. The molecule has 7 nitrogen and oxygen atoms in total. The molecule has 25 heavy (non-hydrogen) atoms. The number of thioether (sulfide) groups is 1. The monoisotopic (exact) mass is 359 g/mol. The summed E-state index contributed by atoms with van der Waals surface area (Å²) in [6.07, 6.45) is 1.53. The van der Waals surface area contributed by atoms with Crippen LogP contribution in [0, 0.1) is 0 Å². The standard InChI is InChI=1S/C17H17N3O4S/c1-11(15(21)18-10-12-5-7-13(22-2)8-6-12)25-17-20-19-16(24-17)14-4-3-9-23-14/h3-9,11H,10H2,1-2H3,(H,18,21)/t11-/m0/s1. The molecule has 3 aromatic rings. The molecule has 0 fully saturated rings. The van der Waals surface area contributed by atoms with Gasteiger partial charge in [-0.3, -0.25) is 4.79 Å². The second kappa shape index (κ2) is 7.89. The largest absolute Gasteiger partial charge is 0.497 e. The summed E-state index contributed by atoms with van der Waals surface area (Å²) in [7, 11) is 1.62. The summed E-state index contributed by atoms with van der Waals surface area (Å²) < 4.78 is 15.8. The zero-order chi connectivity index (χ0) is 17.6. The van der Waals surface area contributed by atoms with Gasteiger partial charge in [0, 0.05) is 6.54 Å². The van der Waals surface area contributed by atoms with Crippen molar-refractivity contribution in [2.24, 2.45) is 0 Å². The van der Waals surface area contributed by atoms with E-state index in [0.29, 0.717) is 23.4 Å². The van der Waals surface area contributed by atoms with Gasteiger partial charge in [-0.05, 0) is 36.8 Å². The number of nitrogens with one attached hydrogen (secondary N) is 1. The quantitative estimate of drug-likeness (QED) is 0.648. The van der Waals surface area contributed by atoms with Crippen LogP contribution >= 0.6 is 11.8 Å². The highest BCUT2D eigenvalue weighted by Crippen LogP contribution is 2.26. The van der Waals surface area contributed by atoms with Gasteiger partial charge < -0.3 is 18.9 Å². The first-order valence-corrected chi connectivity index (χ1v) is 8.48. The van der Waals surface area contributed by atoms with Gasteiger partial charge in [-0.25, -0.2) is 0 Å². The Hall–Kier alpha value is -2.74. The SMILES string of the molecule is COc1ccc(CNC(=O)[C@H](C)Sc2nnc(-c3ccco3)o2)cc1. The highest BCUT2D eigenvalue weighted by molar-refractivity contribution is 8.00. The Labute approximate surface area is 148 Å². The van der Waals surface area contributed by atoms with Crippen LogP contribution in [-0.2, 0) is 11.3 Å². The second-order valence-corrected chi connectivity index (χ2v) is 6.47. The molecule has 0 saturated heterocycles. The number of aromatic nitrogens is 2. The average molecular weight is 359 g/mol. The highest BCUT2D eigenvalue weighted by atomic mass is 32.2. The van der Waals surface area contributed by atoms with E-state index in [4.69, 9.17) is 13.6 Å². The Kier molecular flexibility index (Phi) is 5.39. The number of methoxy groups -OCH3 is 1. The van der Waals surface area contributed by atoms with Crippen LogP contribution < -0.4 is 10.1 Å². The molecule has 1 aromatic carbocycles. The van der Waals surface area contributed by atoms with Crippen LogP contribution in [0.1, 0.15) is 12.5 Å². The summed E-state index contributed by atoms with van der Waals surface area (Å²) in [6.45, 7) is 2.22. The van der Waals surface area contributed by atoms with Crippen molar-refractivity contribution in [3.05, 3.63) is 48.2 Å². The van der Waals surface area contributed by atoms with Crippen LogP contribution in [-0.4, -0.2) is 28.5 Å². The van der Waals surface area contributed by atoms with E-state index in [1.807, 2.05) is 24.3 Å². The molecule has 0 saturated carbocycles. The van der Waals surface area contributed by atoms with Gasteiger partial charge in [-0.15, -0.1) is 10.2 Å². The summed E-state index contributed by atoms with van der Waals surface area (Å²) in [6, 6.07) is 11.0. The van der Waals surface area contributed by atoms with Gasteiger partial charge >= 0.3 is 0 Å². The molecule has 0 aliphatic rings. The van der Waals surface area contributed by atoms with Gasteiger partial charge in [0.15, 0.2) is 5.76 Å². The lowest BCUT2D eigenvalue weighted by Crippen LogP contribution is -2.30. The van der Waals surface area contributed by atoms with Gasteiger partial charge in [0.1, 0.15) is 5.75 Å². The number of furan rings is 1. The Balaban J connectivity index is 1.52. The second-order valence-electron chi connectivity index (χ2n) is 5.18. The highest BCUT2D eigenvalue weighted by Gasteiger charge is 2.19. The zero-order valence-electron chi connectivity index (χ0n) is 13.8. The smallest absolute Gasteiger partial charge is 0.284 e. The molecule has 130 valence electrons. The average Bonchev–Trinajstić information content (AvgIpc) is 3.31. The van der Waals surface area contributed by atoms with Gasteiger partial charge in [-0.2, -0.15) is 0 Å². The predicted molar refractivity (Wildman–Crippen MR) is 92.2 cm³/mol. The molecule has 0 bridgehead atoms. The number of benzene rings is 1. The topological polar surface area (TPSA) is 90.4 Å². The number of ether oxygens (including phenoxy) is 1. The fourth-order valence-electron chi connectivity index (χ4n) is 2.04. The lowest BCUT2D eigenvalue weighted by Gasteiger charge is -2.10. The fourth-order valence-corrected chi connectivity index (χ4v) is 2.75. The van der Waals surface area contributed by atoms with E-state index in [0.717, 1.165) is 11.3 Å². The Morgan fingerprint density at radius 1 is 1.28 bits per heavy atom. The van der Waals surface area contributed by atoms with Crippen molar-refractivity contribution in [1.29, 1.82) is 0 Å². The van der Waals surface area contributed by atoms with E-state index in [2.05, 4.69) is 15.5 Å². The molecule has 1 amide bonds. The maximum atomic E-state index is 12.2. The normalized spacial score (nSPS) is 11.9. The van der Waals surface area contributed by atoms with Crippen LogP contribution in [0.15, 0.2) is 56.7 Å². The lowest BCUT2D eigenvalue weighted by molar-refractivity contribution is -0.120. The number of hydrogen-bond acceptors (Lipinski definition) is 7. The first kappa shape index (κ1) is 17.1. The van der Waals surface area contributed by atoms with Crippen molar-refractivity contribution < 1.29 is 18.4 Å². The number of carbonyl (C=O) groups is 1. The molecule has 0 aliphatic heterocycles. The van der Waals surface area contributed by atoms with Crippen LogP contribution in [0.2, 0.25) is 0 Å². The van der Waals surface area contributed by atoms with Gasteiger partial charge in [0.25, 0.3) is 11.1 Å². The third kappa shape index (κ3) is 4.42. The number of hydrogen-bond donors (Lipinski definition) is 1. The van der Waals surface area contributed by atoms with Gasteiger partial charge in [0.2, 0.25) is 5.91 Å².